The minimum Gasteiger partial charge on any atom is -0.311 e. The van der Waals surface area contributed by atoms with Crippen LogP contribution >= 0.6 is 0 Å². The lowest BCUT2D eigenvalue weighted by Gasteiger charge is -2.33. The fourth-order valence-electron chi connectivity index (χ4n) is 16.2. The maximum Gasteiger partial charge on any atom is 0.0467 e. The van der Waals surface area contributed by atoms with Crippen molar-refractivity contribution in [3.05, 3.63) is 278 Å². The van der Waals surface area contributed by atoms with Crippen LogP contribution in [0.2, 0.25) is 0 Å². The highest BCUT2D eigenvalue weighted by molar-refractivity contribution is 5.92. The van der Waals surface area contributed by atoms with E-state index >= 15 is 0 Å². The summed E-state index contributed by atoms with van der Waals surface area (Å²) in [5.74, 6) is 0.320. The molecule has 404 valence electrons. The first-order chi connectivity index (χ1) is 39.5. The molecule has 0 radical (unpaired) electrons. The van der Waals surface area contributed by atoms with Gasteiger partial charge in [0.1, 0.15) is 0 Å². The molecule has 7 aliphatic carbocycles. The summed E-state index contributed by atoms with van der Waals surface area (Å²) in [6, 6.07) is 65.6. The minimum atomic E-state index is -0.116. The zero-order valence-electron chi connectivity index (χ0n) is 49.6. The maximum absolute atomic E-state index is 2.57. The van der Waals surface area contributed by atoms with Crippen molar-refractivity contribution >= 4 is 39.6 Å². The molecular formula is C80H74N2. The van der Waals surface area contributed by atoms with Gasteiger partial charge in [0, 0.05) is 55.8 Å². The van der Waals surface area contributed by atoms with Crippen molar-refractivity contribution in [2.45, 2.75) is 123 Å². The predicted molar refractivity (Wildman–Crippen MR) is 347 cm³/mol. The molecule has 82 heavy (non-hydrogen) atoms. The first kappa shape index (κ1) is 50.7. The van der Waals surface area contributed by atoms with E-state index < -0.39 is 0 Å². The van der Waals surface area contributed by atoms with Crippen molar-refractivity contribution < 1.29 is 0 Å². The second-order valence-electron chi connectivity index (χ2n) is 26.8. The quantitative estimate of drug-likeness (QED) is 0.150. The summed E-state index contributed by atoms with van der Waals surface area (Å²) in [5.41, 5.74) is 36.2. The lowest BCUT2D eigenvalue weighted by molar-refractivity contribution is 0.607. The molecule has 0 heterocycles. The smallest absolute Gasteiger partial charge is 0.0467 e. The molecule has 2 nitrogen and oxygen atoms in total. The molecule has 0 aromatic heterocycles. The van der Waals surface area contributed by atoms with Crippen LogP contribution in [0.1, 0.15) is 151 Å². The minimum absolute atomic E-state index is 0.0367. The van der Waals surface area contributed by atoms with E-state index in [1.165, 1.54) is 145 Å². The molecule has 0 aliphatic heterocycles. The zero-order valence-corrected chi connectivity index (χ0v) is 49.6. The molecule has 0 N–H and O–H groups in total. The Morgan fingerprint density at radius 1 is 0.415 bits per heavy atom. The van der Waals surface area contributed by atoms with Crippen LogP contribution < -0.4 is 9.80 Å². The third-order valence-corrected chi connectivity index (χ3v) is 20.7. The molecule has 0 saturated carbocycles. The van der Waals surface area contributed by atoms with Gasteiger partial charge in [0.2, 0.25) is 0 Å². The number of benzene rings is 8. The summed E-state index contributed by atoms with van der Waals surface area (Å²) >= 11 is 0. The SMILES string of the molecule is CC1=C(C2=CC(N(c3ccc4c(c3)C(C)(C)c3ccccc3-4)c3ccc4c(c3)C(C)(C)c3ccccc3-4)=CCC2)CC(C)C(c2cccc(N(c3ccc4c(c3)C(C)(C)C3=C4C=CCC3)c3ccc4c(c3)C(C)(C)c3ccccc3-4)c2)=C1. The van der Waals surface area contributed by atoms with Gasteiger partial charge in [-0.2, -0.15) is 0 Å². The van der Waals surface area contributed by atoms with Crippen LogP contribution in [0.4, 0.5) is 28.4 Å². The van der Waals surface area contributed by atoms with E-state index in [0.717, 1.165) is 32.1 Å². The highest BCUT2D eigenvalue weighted by Gasteiger charge is 2.41. The average molecular weight is 1060 g/mol. The Hall–Kier alpha value is -8.20. The Kier molecular flexibility index (Phi) is 11.2. The molecule has 8 aromatic carbocycles. The summed E-state index contributed by atoms with van der Waals surface area (Å²) < 4.78 is 0. The maximum atomic E-state index is 2.57. The second kappa shape index (κ2) is 18.1. The average Bonchev–Trinajstić information content (AvgIpc) is 4.27. The monoisotopic (exact) mass is 1060 g/mol. The van der Waals surface area contributed by atoms with Gasteiger partial charge in [-0.3, -0.25) is 0 Å². The molecule has 0 spiro atoms. The fourth-order valence-corrected chi connectivity index (χ4v) is 16.2. The summed E-state index contributed by atoms with van der Waals surface area (Å²) in [7, 11) is 0. The standard InChI is InChI=1S/C80H74N2/c1-49-41-68(52-22-20-24-54(44-52)82(57-35-39-65-61-27-13-17-31-71(61)79(7,8)75(65)47-57)58-36-40-66-62-28-14-18-32-72(62)80(9,10)76(66)48-58)50(2)42-67(49)51-21-19-23-53(43-51)81(55-33-37-63-59-25-11-15-29-69(59)77(3,4)73(63)45-55)56-34-38-64-60-26-12-16-30-70(60)78(5,6)74(64)46-56/h11-17,20,22-31,33-41,43-48,50H,18-19,21,32,42H2,1-10H3. The van der Waals surface area contributed by atoms with Crippen LogP contribution in [0, 0.1) is 5.92 Å². The molecule has 0 amide bonds. The van der Waals surface area contributed by atoms with Gasteiger partial charge >= 0.3 is 0 Å². The van der Waals surface area contributed by atoms with Crippen LogP contribution in [0.5, 0.6) is 0 Å². The van der Waals surface area contributed by atoms with Crippen molar-refractivity contribution in [1.29, 1.82) is 0 Å². The highest BCUT2D eigenvalue weighted by Crippen LogP contribution is 2.56. The zero-order chi connectivity index (χ0) is 56.2. The predicted octanol–water partition coefficient (Wildman–Crippen LogP) is 21.7. The third-order valence-electron chi connectivity index (χ3n) is 20.7. The van der Waals surface area contributed by atoms with E-state index in [1.807, 2.05) is 0 Å². The van der Waals surface area contributed by atoms with E-state index in [4.69, 9.17) is 0 Å². The highest BCUT2D eigenvalue weighted by atomic mass is 15.2. The van der Waals surface area contributed by atoms with Crippen LogP contribution in [-0.2, 0) is 21.7 Å². The third kappa shape index (κ3) is 7.45. The first-order valence-corrected chi connectivity index (χ1v) is 30.3. The largest absolute Gasteiger partial charge is 0.311 e. The molecule has 1 atom stereocenters. The van der Waals surface area contributed by atoms with E-state index in [2.05, 4.69) is 279 Å². The molecule has 8 aromatic rings. The van der Waals surface area contributed by atoms with Crippen molar-refractivity contribution in [2.75, 3.05) is 9.80 Å². The number of nitrogens with zero attached hydrogens (tertiary/aromatic N) is 2. The molecular weight excluding hydrogens is 989 g/mol. The van der Waals surface area contributed by atoms with Crippen LogP contribution in [0.25, 0.3) is 44.5 Å². The molecule has 0 bridgehead atoms. The van der Waals surface area contributed by atoms with Gasteiger partial charge in [0.05, 0.1) is 0 Å². The molecule has 7 aliphatic rings. The van der Waals surface area contributed by atoms with Crippen LogP contribution in [0.15, 0.2) is 228 Å². The summed E-state index contributed by atoms with van der Waals surface area (Å²) in [6.07, 6.45) is 17.6. The van der Waals surface area contributed by atoms with Gasteiger partial charge in [0.15, 0.2) is 0 Å². The Morgan fingerprint density at radius 3 is 1.41 bits per heavy atom. The Balaban J connectivity index is 0.813. The summed E-state index contributed by atoms with van der Waals surface area (Å²) in [6.45, 7) is 24.1. The summed E-state index contributed by atoms with van der Waals surface area (Å²) in [4.78, 5) is 5.12. The van der Waals surface area contributed by atoms with Crippen LogP contribution in [-0.4, -0.2) is 0 Å². The van der Waals surface area contributed by atoms with Gasteiger partial charge < -0.3 is 9.80 Å². The van der Waals surface area contributed by atoms with Crippen molar-refractivity contribution in [1.82, 2.24) is 0 Å². The van der Waals surface area contributed by atoms with Crippen molar-refractivity contribution in [3.8, 4) is 33.4 Å². The van der Waals surface area contributed by atoms with Gasteiger partial charge in [-0.1, -0.05) is 201 Å². The van der Waals surface area contributed by atoms with Gasteiger partial charge in [-0.15, -0.1) is 0 Å². The molecule has 0 fully saturated rings. The number of hydrogen-bond donors (Lipinski definition) is 0. The van der Waals surface area contributed by atoms with Gasteiger partial charge in [-0.05, 0) is 223 Å². The topological polar surface area (TPSA) is 6.48 Å². The van der Waals surface area contributed by atoms with E-state index in [0.29, 0.717) is 5.92 Å². The lowest BCUT2D eigenvalue weighted by atomic mass is 9.77. The molecule has 0 saturated heterocycles. The molecule has 15 rings (SSSR count). The number of fused-ring (bicyclic) bond motifs is 11. The number of hydrogen-bond acceptors (Lipinski definition) is 2. The lowest BCUT2D eigenvalue weighted by Crippen LogP contribution is -2.21. The van der Waals surface area contributed by atoms with E-state index in [1.54, 1.807) is 5.57 Å². The van der Waals surface area contributed by atoms with Crippen molar-refractivity contribution in [2.24, 2.45) is 5.92 Å². The van der Waals surface area contributed by atoms with Gasteiger partial charge in [-0.25, -0.2) is 0 Å². The Morgan fingerprint density at radius 2 is 0.878 bits per heavy atom. The Labute approximate surface area is 487 Å². The number of anilines is 5. The molecule has 1 unspecified atom stereocenters. The van der Waals surface area contributed by atoms with E-state index in [9.17, 15) is 0 Å². The number of rotatable bonds is 8. The normalized spacial score (nSPS) is 19.4. The first-order valence-electron chi connectivity index (χ1n) is 30.3. The van der Waals surface area contributed by atoms with E-state index in [-0.39, 0.29) is 21.7 Å². The Bertz CT molecular complexity index is 4170. The van der Waals surface area contributed by atoms with Gasteiger partial charge in [0.25, 0.3) is 0 Å². The fraction of sp³-hybridized carbons (Fsp3) is 0.250. The number of allylic oxidation sites excluding steroid dienone is 11. The van der Waals surface area contributed by atoms with Crippen LogP contribution in [0.3, 0.4) is 0 Å². The second-order valence-corrected chi connectivity index (χ2v) is 26.8. The summed E-state index contributed by atoms with van der Waals surface area (Å²) in [5, 5.41) is 0. The molecule has 2 heteroatoms. The van der Waals surface area contributed by atoms with Crippen molar-refractivity contribution in [3.63, 3.8) is 0 Å².